The highest BCUT2D eigenvalue weighted by atomic mass is 16.5. The Morgan fingerprint density at radius 1 is 1.44 bits per heavy atom. The Morgan fingerprint density at radius 2 is 2.19 bits per heavy atom. The smallest absolute Gasteiger partial charge is 0.161 e. The van der Waals surface area contributed by atoms with E-state index in [9.17, 15) is 9.90 Å². The van der Waals surface area contributed by atoms with Crippen molar-refractivity contribution in [3.05, 3.63) is 23.8 Å². The Balaban J connectivity index is 2.81. The second-order valence-electron chi connectivity index (χ2n) is 3.74. The molecule has 0 aliphatic heterocycles. The van der Waals surface area contributed by atoms with Gasteiger partial charge in [0.05, 0.1) is 6.61 Å². The molecule has 0 heterocycles. The quantitative estimate of drug-likeness (QED) is 0.752. The van der Waals surface area contributed by atoms with Crippen molar-refractivity contribution in [2.24, 2.45) is 5.92 Å². The molecule has 3 heteroatoms. The van der Waals surface area contributed by atoms with Crippen LogP contribution in [0.4, 0.5) is 0 Å². The summed E-state index contributed by atoms with van der Waals surface area (Å²) in [7, 11) is 0. The molecule has 1 aromatic rings. The predicted octanol–water partition coefficient (Wildman–Crippen LogP) is 2.56. The Bertz CT molecular complexity index is 347. The van der Waals surface area contributed by atoms with Gasteiger partial charge in [0.25, 0.3) is 0 Å². The topological polar surface area (TPSA) is 46.5 Å². The van der Waals surface area contributed by atoms with Crippen molar-refractivity contribution >= 4 is 6.29 Å². The molecule has 0 amide bonds. The molecule has 1 unspecified atom stereocenters. The number of hydrogen-bond acceptors (Lipinski definition) is 3. The van der Waals surface area contributed by atoms with Gasteiger partial charge in [0.15, 0.2) is 11.5 Å². The van der Waals surface area contributed by atoms with Crippen LogP contribution in [0.1, 0.15) is 25.8 Å². The summed E-state index contributed by atoms with van der Waals surface area (Å²) in [4.78, 5) is 10.7. The molecule has 1 N–H and O–H groups in total. The number of hydrogen-bond donors (Lipinski definition) is 1. The zero-order valence-corrected chi connectivity index (χ0v) is 9.77. The molecular weight excluding hydrogens is 204 g/mol. The minimum absolute atomic E-state index is 0.0408. The first-order valence-electron chi connectivity index (χ1n) is 5.61. The number of phenolic OH excluding ortho intramolecular Hbond substituents is 1. The van der Waals surface area contributed by atoms with Gasteiger partial charge in [-0.05, 0) is 37.5 Å². The minimum Gasteiger partial charge on any atom is -0.504 e. The fraction of sp³-hybridized carbons (Fsp3) is 0.462. The SMILES string of the molecule is CCOc1cc(CC(C=O)CC)ccc1O. The number of benzene rings is 1. The number of carbonyl (C=O) groups is 1. The second kappa shape index (κ2) is 6.16. The highest BCUT2D eigenvalue weighted by Gasteiger charge is 2.08. The van der Waals surface area contributed by atoms with Crippen LogP contribution in [0.2, 0.25) is 0 Å². The van der Waals surface area contributed by atoms with Crippen molar-refractivity contribution in [2.75, 3.05) is 6.61 Å². The van der Waals surface area contributed by atoms with Crippen LogP contribution in [0, 0.1) is 5.92 Å². The molecule has 16 heavy (non-hydrogen) atoms. The first-order chi connectivity index (χ1) is 7.71. The Labute approximate surface area is 96.1 Å². The van der Waals surface area contributed by atoms with E-state index in [0.29, 0.717) is 18.8 Å². The zero-order valence-electron chi connectivity index (χ0n) is 9.77. The highest BCUT2D eigenvalue weighted by Crippen LogP contribution is 2.27. The Hall–Kier alpha value is -1.51. The Morgan fingerprint density at radius 3 is 2.75 bits per heavy atom. The van der Waals surface area contributed by atoms with Crippen LogP contribution in [-0.2, 0) is 11.2 Å². The normalized spacial score (nSPS) is 12.1. The summed E-state index contributed by atoms with van der Waals surface area (Å²) in [6.07, 6.45) is 2.50. The third-order valence-corrected chi connectivity index (χ3v) is 2.54. The van der Waals surface area contributed by atoms with Crippen molar-refractivity contribution in [1.82, 2.24) is 0 Å². The van der Waals surface area contributed by atoms with Gasteiger partial charge in [-0.2, -0.15) is 0 Å². The maximum Gasteiger partial charge on any atom is 0.161 e. The molecule has 0 saturated carbocycles. The fourth-order valence-corrected chi connectivity index (χ4v) is 1.55. The third kappa shape index (κ3) is 3.26. The van der Waals surface area contributed by atoms with Gasteiger partial charge >= 0.3 is 0 Å². The number of aldehydes is 1. The van der Waals surface area contributed by atoms with Gasteiger partial charge in [-0.15, -0.1) is 0 Å². The zero-order chi connectivity index (χ0) is 12.0. The Kier molecular flexibility index (Phi) is 4.83. The molecule has 0 bridgehead atoms. The molecule has 0 aliphatic carbocycles. The van der Waals surface area contributed by atoms with E-state index in [4.69, 9.17) is 4.74 Å². The van der Waals surface area contributed by atoms with Gasteiger partial charge in [0.1, 0.15) is 6.29 Å². The molecule has 0 aliphatic rings. The number of carbonyl (C=O) groups excluding carboxylic acids is 1. The van der Waals surface area contributed by atoms with Crippen molar-refractivity contribution in [3.8, 4) is 11.5 Å². The monoisotopic (exact) mass is 222 g/mol. The molecule has 3 nitrogen and oxygen atoms in total. The van der Waals surface area contributed by atoms with Gasteiger partial charge in [-0.3, -0.25) is 0 Å². The van der Waals surface area contributed by atoms with Crippen molar-refractivity contribution in [2.45, 2.75) is 26.7 Å². The van der Waals surface area contributed by atoms with Gasteiger partial charge < -0.3 is 14.6 Å². The van der Waals surface area contributed by atoms with E-state index in [2.05, 4.69) is 0 Å². The van der Waals surface area contributed by atoms with Crippen LogP contribution in [0.25, 0.3) is 0 Å². The van der Waals surface area contributed by atoms with E-state index in [1.807, 2.05) is 19.9 Å². The molecule has 1 aromatic carbocycles. The van der Waals surface area contributed by atoms with Crippen LogP contribution in [0.5, 0.6) is 11.5 Å². The largest absolute Gasteiger partial charge is 0.504 e. The lowest BCUT2D eigenvalue weighted by Crippen LogP contribution is -2.04. The van der Waals surface area contributed by atoms with Crippen LogP contribution in [0.15, 0.2) is 18.2 Å². The first-order valence-corrected chi connectivity index (χ1v) is 5.61. The van der Waals surface area contributed by atoms with Crippen molar-refractivity contribution < 1.29 is 14.6 Å². The van der Waals surface area contributed by atoms with Crippen LogP contribution in [-0.4, -0.2) is 18.0 Å². The van der Waals surface area contributed by atoms with Crippen molar-refractivity contribution in [3.63, 3.8) is 0 Å². The van der Waals surface area contributed by atoms with E-state index >= 15 is 0 Å². The number of rotatable bonds is 6. The lowest BCUT2D eigenvalue weighted by molar-refractivity contribution is -0.111. The van der Waals surface area contributed by atoms with Crippen LogP contribution in [0.3, 0.4) is 0 Å². The average Bonchev–Trinajstić information content (AvgIpc) is 2.30. The molecule has 0 spiro atoms. The minimum atomic E-state index is 0.0408. The van der Waals surface area contributed by atoms with Crippen LogP contribution >= 0.6 is 0 Å². The summed E-state index contributed by atoms with van der Waals surface area (Å²) in [6, 6.07) is 5.23. The van der Waals surface area contributed by atoms with E-state index in [1.54, 1.807) is 12.1 Å². The third-order valence-electron chi connectivity index (χ3n) is 2.54. The summed E-state index contributed by atoms with van der Waals surface area (Å²) >= 11 is 0. The van der Waals surface area contributed by atoms with Crippen LogP contribution < -0.4 is 4.74 Å². The van der Waals surface area contributed by atoms with Gasteiger partial charge in [0, 0.05) is 5.92 Å². The number of ether oxygens (including phenoxy) is 1. The molecule has 1 atom stereocenters. The lowest BCUT2D eigenvalue weighted by atomic mass is 9.98. The van der Waals surface area contributed by atoms with Gasteiger partial charge in [-0.25, -0.2) is 0 Å². The summed E-state index contributed by atoms with van der Waals surface area (Å²) in [5.41, 5.74) is 1.01. The van der Waals surface area contributed by atoms with E-state index in [0.717, 1.165) is 18.3 Å². The highest BCUT2D eigenvalue weighted by molar-refractivity contribution is 5.54. The number of phenols is 1. The molecule has 0 saturated heterocycles. The number of aromatic hydroxyl groups is 1. The van der Waals surface area contributed by atoms with E-state index in [-0.39, 0.29) is 11.7 Å². The summed E-state index contributed by atoms with van der Waals surface area (Å²) in [6.45, 7) is 4.37. The molecule has 88 valence electrons. The fourth-order valence-electron chi connectivity index (χ4n) is 1.55. The second-order valence-corrected chi connectivity index (χ2v) is 3.74. The first kappa shape index (κ1) is 12.6. The molecule has 0 fully saturated rings. The molecule has 0 aromatic heterocycles. The lowest BCUT2D eigenvalue weighted by Gasteiger charge is -2.10. The maximum absolute atomic E-state index is 10.7. The molecular formula is C13H18O3. The standard InChI is InChI=1S/C13H18O3/c1-3-10(9-14)7-11-5-6-12(15)13(8-11)16-4-2/h5-6,8-10,15H,3-4,7H2,1-2H3. The summed E-state index contributed by atoms with van der Waals surface area (Å²) in [5.74, 6) is 0.671. The summed E-state index contributed by atoms with van der Waals surface area (Å²) in [5, 5.41) is 9.52. The average molecular weight is 222 g/mol. The van der Waals surface area contributed by atoms with Gasteiger partial charge in [-0.1, -0.05) is 13.0 Å². The van der Waals surface area contributed by atoms with Crippen molar-refractivity contribution in [1.29, 1.82) is 0 Å². The molecule has 0 radical (unpaired) electrons. The van der Waals surface area contributed by atoms with E-state index in [1.165, 1.54) is 0 Å². The maximum atomic E-state index is 10.7. The van der Waals surface area contributed by atoms with E-state index < -0.39 is 0 Å². The summed E-state index contributed by atoms with van der Waals surface area (Å²) < 4.78 is 5.29. The van der Waals surface area contributed by atoms with Gasteiger partial charge in [0.2, 0.25) is 0 Å². The molecule has 1 rings (SSSR count). The predicted molar refractivity (Wildman–Crippen MR) is 62.8 cm³/mol.